The van der Waals surface area contributed by atoms with Crippen molar-refractivity contribution in [3.05, 3.63) is 65.2 Å². The van der Waals surface area contributed by atoms with Gasteiger partial charge in [-0.2, -0.15) is 0 Å². The standard InChI is InChI=1S/C23H31N5O3/c1-5-28(6-2)20-13-11-19(12-14-20)23(31)26-25-21(29)16-27(4)15-17-7-9-18(10-8-17)22(30)24-3/h7-14H,5-6,15-16H2,1-4H3,(H,24,30)(H,25,29)(H,26,31). The first-order chi connectivity index (χ1) is 14.9. The van der Waals surface area contributed by atoms with Gasteiger partial charge in [0.25, 0.3) is 17.7 Å². The molecular weight excluding hydrogens is 394 g/mol. The lowest BCUT2D eigenvalue weighted by atomic mass is 10.1. The predicted molar refractivity (Wildman–Crippen MR) is 122 cm³/mol. The highest BCUT2D eigenvalue weighted by molar-refractivity contribution is 5.96. The number of hydrogen-bond donors (Lipinski definition) is 3. The van der Waals surface area contributed by atoms with E-state index in [2.05, 4.69) is 34.9 Å². The first kappa shape index (κ1) is 23.9. The molecule has 8 nitrogen and oxygen atoms in total. The molecule has 0 heterocycles. The summed E-state index contributed by atoms with van der Waals surface area (Å²) in [4.78, 5) is 40.0. The van der Waals surface area contributed by atoms with Crippen molar-refractivity contribution >= 4 is 23.4 Å². The number of nitrogens with zero attached hydrogens (tertiary/aromatic N) is 2. The van der Waals surface area contributed by atoms with Gasteiger partial charge in [-0.05, 0) is 62.9 Å². The van der Waals surface area contributed by atoms with Crippen LogP contribution < -0.4 is 21.1 Å². The molecule has 0 unspecified atom stereocenters. The van der Waals surface area contributed by atoms with Crippen LogP contribution in [-0.2, 0) is 11.3 Å². The summed E-state index contributed by atoms with van der Waals surface area (Å²) < 4.78 is 0. The van der Waals surface area contributed by atoms with Crippen molar-refractivity contribution in [1.29, 1.82) is 0 Å². The van der Waals surface area contributed by atoms with Crippen LogP contribution in [0, 0.1) is 0 Å². The Bertz CT molecular complexity index is 877. The van der Waals surface area contributed by atoms with Crippen molar-refractivity contribution in [1.82, 2.24) is 21.1 Å². The lowest BCUT2D eigenvalue weighted by molar-refractivity contribution is -0.122. The van der Waals surface area contributed by atoms with Crippen LogP contribution in [0.5, 0.6) is 0 Å². The first-order valence-corrected chi connectivity index (χ1v) is 10.3. The number of hydrazine groups is 1. The lowest BCUT2D eigenvalue weighted by Gasteiger charge is -2.21. The van der Waals surface area contributed by atoms with Crippen LogP contribution in [0.25, 0.3) is 0 Å². The van der Waals surface area contributed by atoms with Crippen LogP contribution in [0.15, 0.2) is 48.5 Å². The SMILES string of the molecule is CCN(CC)c1ccc(C(=O)NNC(=O)CN(C)Cc2ccc(C(=O)NC)cc2)cc1. The van der Waals surface area contributed by atoms with E-state index in [0.29, 0.717) is 17.7 Å². The van der Waals surface area contributed by atoms with Gasteiger partial charge in [0.2, 0.25) is 0 Å². The van der Waals surface area contributed by atoms with Crippen molar-refractivity contribution in [3.63, 3.8) is 0 Å². The number of likely N-dealkylation sites (N-methyl/N-ethyl adjacent to an activating group) is 1. The van der Waals surface area contributed by atoms with Crippen LogP contribution in [0.1, 0.15) is 40.1 Å². The fourth-order valence-electron chi connectivity index (χ4n) is 3.17. The number of amides is 3. The maximum Gasteiger partial charge on any atom is 0.269 e. The Hall–Kier alpha value is -3.39. The Balaban J connectivity index is 1.80. The van der Waals surface area contributed by atoms with Crippen molar-refractivity contribution < 1.29 is 14.4 Å². The number of anilines is 1. The van der Waals surface area contributed by atoms with Crippen LogP contribution in [0.2, 0.25) is 0 Å². The minimum Gasteiger partial charge on any atom is -0.372 e. The summed E-state index contributed by atoms with van der Waals surface area (Å²) in [5.41, 5.74) is 7.97. The smallest absolute Gasteiger partial charge is 0.269 e. The fraction of sp³-hybridized carbons (Fsp3) is 0.348. The second-order valence-corrected chi connectivity index (χ2v) is 7.17. The first-order valence-electron chi connectivity index (χ1n) is 10.3. The zero-order valence-corrected chi connectivity index (χ0v) is 18.6. The number of benzene rings is 2. The Labute approximate surface area is 183 Å². The molecule has 8 heteroatoms. The third-order valence-corrected chi connectivity index (χ3v) is 4.88. The Kier molecular flexibility index (Phi) is 9.02. The number of rotatable bonds is 9. The molecular formula is C23H31N5O3. The van der Waals surface area contributed by atoms with E-state index < -0.39 is 0 Å². The molecule has 0 saturated heterocycles. The second kappa shape index (κ2) is 11.7. The van der Waals surface area contributed by atoms with Crippen LogP contribution in [-0.4, -0.2) is 56.4 Å². The van der Waals surface area contributed by atoms with Gasteiger partial charge in [0.05, 0.1) is 6.54 Å². The number of hydrogen-bond acceptors (Lipinski definition) is 5. The molecule has 0 aromatic heterocycles. The molecule has 0 saturated carbocycles. The van der Waals surface area contributed by atoms with Gasteiger partial charge in [-0.25, -0.2) is 0 Å². The maximum atomic E-state index is 12.3. The van der Waals surface area contributed by atoms with Gasteiger partial charge in [-0.1, -0.05) is 12.1 Å². The zero-order chi connectivity index (χ0) is 22.8. The number of carbonyl (C=O) groups excluding carboxylic acids is 3. The van der Waals surface area contributed by atoms with Gasteiger partial charge in [0.15, 0.2) is 0 Å². The Morgan fingerprint density at radius 1 is 0.806 bits per heavy atom. The van der Waals surface area contributed by atoms with E-state index >= 15 is 0 Å². The average Bonchev–Trinajstić information content (AvgIpc) is 2.78. The molecule has 3 N–H and O–H groups in total. The molecule has 2 aromatic rings. The maximum absolute atomic E-state index is 12.3. The molecule has 31 heavy (non-hydrogen) atoms. The second-order valence-electron chi connectivity index (χ2n) is 7.17. The highest BCUT2D eigenvalue weighted by Gasteiger charge is 2.11. The molecule has 2 rings (SSSR count). The Morgan fingerprint density at radius 3 is 1.90 bits per heavy atom. The van der Waals surface area contributed by atoms with E-state index in [4.69, 9.17) is 0 Å². The molecule has 166 valence electrons. The fourth-order valence-corrected chi connectivity index (χ4v) is 3.17. The third-order valence-electron chi connectivity index (χ3n) is 4.88. The predicted octanol–water partition coefficient (Wildman–Crippen LogP) is 1.79. The summed E-state index contributed by atoms with van der Waals surface area (Å²) in [7, 11) is 3.39. The minimum absolute atomic E-state index is 0.109. The molecule has 0 fully saturated rings. The summed E-state index contributed by atoms with van der Waals surface area (Å²) in [6.07, 6.45) is 0. The summed E-state index contributed by atoms with van der Waals surface area (Å²) >= 11 is 0. The molecule has 0 bridgehead atoms. The van der Waals surface area contributed by atoms with E-state index in [1.165, 1.54) is 0 Å². The van der Waals surface area contributed by atoms with Gasteiger partial charge < -0.3 is 10.2 Å². The van der Waals surface area contributed by atoms with Crippen molar-refractivity contribution in [3.8, 4) is 0 Å². The molecule has 3 amide bonds. The molecule has 0 spiro atoms. The third kappa shape index (κ3) is 7.11. The van der Waals surface area contributed by atoms with Gasteiger partial charge in [0, 0.05) is 43.5 Å². The Morgan fingerprint density at radius 2 is 1.35 bits per heavy atom. The molecule has 0 aliphatic heterocycles. The van der Waals surface area contributed by atoms with Crippen molar-refractivity contribution in [2.24, 2.45) is 0 Å². The van der Waals surface area contributed by atoms with Gasteiger partial charge in [0.1, 0.15) is 0 Å². The van der Waals surface area contributed by atoms with Crippen molar-refractivity contribution in [2.75, 3.05) is 38.6 Å². The van der Waals surface area contributed by atoms with Crippen molar-refractivity contribution in [2.45, 2.75) is 20.4 Å². The van der Waals surface area contributed by atoms with Crippen LogP contribution in [0.3, 0.4) is 0 Å². The monoisotopic (exact) mass is 425 g/mol. The molecule has 0 radical (unpaired) electrons. The van der Waals surface area contributed by atoms with Crippen LogP contribution in [0.4, 0.5) is 5.69 Å². The normalized spacial score (nSPS) is 10.5. The average molecular weight is 426 g/mol. The molecule has 0 atom stereocenters. The number of carbonyl (C=O) groups is 3. The molecule has 0 aliphatic carbocycles. The largest absolute Gasteiger partial charge is 0.372 e. The van der Waals surface area contributed by atoms with E-state index in [9.17, 15) is 14.4 Å². The summed E-state index contributed by atoms with van der Waals surface area (Å²) in [5.74, 6) is -0.831. The highest BCUT2D eigenvalue weighted by atomic mass is 16.2. The summed E-state index contributed by atoms with van der Waals surface area (Å²) in [5, 5.41) is 2.58. The van der Waals surface area contributed by atoms with Gasteiger partial charge in [-0.15, -0.1) is 0 Å². The summed E-state index contributed by atoms with van der Waals surface area (Å²) in [6.45, 7) is 6.58. The van der Waals surface area contributed by atoms with E-state index in [0.717, 1.165) is 24.3 Å². The van der Waals surface area contributed by atoms with E-state index in [1.807, 2.05) is 29.2 Å². The molecule has 2 aromatic carbocycles. The highest BCUT2D eigenvalue weighted by Crippen LogP contribution is 2.14. The lowest BCUT2D eigenvalue weighted by Crippen LogP contribution is -2.45. The van der Waals surface area contributed by atoms with E-state index in [-0.39, 0.29) is 24.3 Å². The number of nitrogens with one attached hydrogen (secondary N) is 3. The van der Waals surface area contributed by atoms with Crippen LogP contribution >= 0.6 is 0 Å². The minimum atomic E-state index is -0.369. The topological polar surface area (TPSA) is 93.8 Å². The van der Waals surface area contributed by atoms with E-state index in [1.54, 1.807) is 38.4 Å². The summed E-state index contributed by atoms with van der Waals surface area (Å²) in [6, 6.07) is 14.5. The van der Waals surface area contributed by atoms with Gasteiger partial charge in [-0.3, -0.25) is 30.1 Å². The quantitative estimate of drug-likeness (QED) is 0.533. The zero-order valence-electron chi connectivity index (χ0n) is 18.6. The van der Waals surface area contributed by atoms with Gasteiger partial charge >= 0.3 is 0 Å². The molecule has 0 aliphatic rings.